The zero-order valence-corrected chi connectivity index (χ0v) is 16.8. The first-order chi connectivity index (χ1) is 14.1. The smallest absolute Gasteiger partial charge is 0.331 e. The third-order valence-electron chi connectivity index (χ3n) is 4.32. The normalized spacial score (nSPS) is 13.3. The van der Waals surface area contributed by atoms with E-state index in [9.17, 15) is 9.59 Å². The van der Waals surface area contributed by atoms with Crippen LogP contribution < -0.4 is 14.8 Å². The SMILES string of the molecule is CCC[C@@H](NC(=O)COC(=O)/C=C/c1cc(Cl)c2c(c1)OCO2)c1ccccc1. The van der Waals surface area contributed by atoms with Crippen LogP contribution in [0.4, 0.5) is 0 Å². The molecule has 1 N–H and O–H groups in total. The van der Waals surface area contributed by atoms with Crippen molar-refractivity contribution in [3.63, 3.8) is 0 Å². The summed E-state index contributed by atoms with van der Waals surface area (Å²) in [6.07, 6.45) is 4.49. The van der Waals surface area contributed by atoms with Crippen molar-refractivity contribution in [3.05, 3.63) is 64.7 Å². The maximum Gasteiger partial charge on any atom is 0.331 e. The van der Waals surface area contributed by atoms with Crippen LogP contribution in [0.3, 0.4) is 0 Å². The standard InChI is InChI=1S/C22H22ClNO5/c1-2-6-18(16-7-4-3-5-8-16)24-20(25)13-27-21(26)10-9-15-11-17(23)22-19(12-15)28-14-29-22/h3-5,7-12,18H,2,6,13-14H2,1H3,(H,24,25)/b10-9+/t18-/m1/s1. The summed E-state index contributed by atoms with van der Waals surface area (Å²) < 4.78 is 15.6. The van der Waals surface area contributed by atoms with Gasteiger partial charge in [-0.25, -0.2) is 4.79 Å². The largest absolute Gasteiger partial charge is 0.454 e. The van der Waals surface area contributed by atoms with Gasteiger partial charge in [0.15, 0.2) is 18.1 Å². The second-order valence-corrected chi connectivity index (χ2v) is 6.90. The molecule has 0 saturated carbocycles. The van der Waals surface area contributed by atoms with Crippen LogP contribution in [0.5, 0.6) is 11.5 Å². The van der Waals surface area contributed by atoms with E-state index in [1.54, 1.807) is 12.1 Å². The number of fused-ring (bicyclic) bond motifs is 1. The molecule has 2 aromatic rings. The molecule has 0 aliphatic carbocycles. The van der Waals surface area contributed by atoms with Gasteiger partial charge >= 0.3 is 5.97 Å². The van der Waals surface area contributed by atoms with Crippen molar-refractivity contribution in [2.24, 2.45) is 0 Å². The predicted molar refractivity (Wildman–Crippen MR) is 110 cm³/mol. The van der Waals surface area contributed by atoms with Crippen LogP contribution in [0.2, 0.25) is 5.02 Å². The van der Waals surface area contributed by atoms with E-state index in [2.05, 4.69) is 12.2 Å². The summed E-state index contributed by atoms with van der Waals surface area (Å²) in [5.41, 5.74) is 1.68. The summed E-state index contributed by atoms with van der Waals surface area (Å²) in [6.45, 7) is 1.81. The quantitative estimate of drug-likeness (QED) is 0.514. The Balaban J connectivity index is 1.51. The van der Waals surface area contributed by atoms with Gasteiger partial charge in [-0.1, -0.05) is 55.3 Å². The van der Waals surface area contributed by atoms with Gasteiger partial charge in [-0.05, 0) is 35.8 Å². The molecule has 7 heteroatoms. The van der Waals surface area contributed by atoms with Crippen LogP contribution in [-0.2, 0) is 14.3 Å². The summed E-state index contributed by atoms with van der Waals surface area (Å²) in [6, 6.07) is 13.0. The molecule has 2 aromatic carbocycles. The van der Waals surface area contributed by atoms with Gasteiger partial charge in [-0.2, -0.15) is 0 Å². The first-order valence-electron chi connectivity index (χ1n) is 9.35. The number of halogens is 1. The molecular formula is C22H22ClNO5. The summed E-state index contributed by atoms with van der Waals surface area (Å²) >= 11 is 6.11. The molecule has 0 bridgehead atoms. The molecule has 1 atom stereocenters. The van der Waals surface area contributed by atoms with Crippen molar-refractivity contribution in [2.45, 2.75) is 25.8 Å². The van der Waals surface area contributed by atoms with Crippen molar-refractivity contribution in [1.82, 2.24) is 5.32 Å². The lowest BCUT2D eigenvalue weighted by molar-refractivity contribution is -0.144. The fourth-order valence-corrected chi connectivity index (χ4v) is 3.24. The number of ether oxygens (including phenoxy) is 3. The minimum atomic E-state index is -0.624. The monoisotopic (exact) mass is 415 g/mol. The Morgan fingerprint density at radius 1 is 1.24 bits per heavy atom. The van der Waals surface area contributed by atoms with Crippen molar-refractivity contribution in [2.75, 3.05) is 13.4 Å². The van der Waals surface area contributed by atoms with E-state index in [0.29, 0.717) is 22.1 Å². The maximum atomic E-state index is 12.2. The van der Waals surface area contributed by atoms with Crippen molar-refractivity contribution in [3.8, 4) is 11.5 Å². The number of hydrogen-bond acceptors (Lipinski definition) is 5. The number of nitrogens with one attached hydrogen (secondary N) is 1. The minimum Gasteiger partial charge on any atom is -0.454 e. The van der Waals surface area contributed by atoms with Crippen LogP contribution in [0.15, 0.2) is 48.5 Å². The fraction of sp³-hybridized carbons (Fsp3) is 0.273. The lowest BCUT2D eigenvalue weighted by Crippen LogP contribution is -2.32. The lowest BCUT2D eigenvalue weighted by Gasteiger charge is -2.18. The zero-order valence-electron chi connectivity index (χ0n) is 16.0. The molecule has 0 radical (unpaired) electrons. The van der Waals surface area contributed by atoms with Gasteiger partial charge in [0.25, 0.3) is 5.91 Å². The number of hydrogen-bond donors (Lipinski definition) is 1. The second kappa shape index (κ2) is 9.98. The highest BCUT2D eigenvalue weighted by atomic mass is 35.5. The fourth-order valence-electron chi connectivity index (χ4n) is 2.96. The van der Waals surface area contributed by atoms with E-state index < -0.39 is 5.97 Å². The molecule has 0 fully saturated rings. The Morgan fingerprint density at radius 3 is 2.79 bits per heavy atom. The van der Waals surface area contributed by atoms with Gasteiger partial charge in [0.05, 0.1) is 11.1 Å². The lowest BCUT2D eigenvalue weighted by atomic mass is 10.0. The predicted octanol–water partition coefficient (Wildman–Crippen LogP) is 4.28. The number of esters is 1. The Bertz CT molecular complexity index is 898. The van der Waals surface area contributed by atoms with Crippen LogP contribution >= 0.6 is 11.6 Å². The summed E-state index contributed by atoms with van der Waals surface area (Å²) in [7, 11) is 0. The van der Waals surface area contributed by atoms with Gasteiger partial charge in [0.1, 0.15) is 0 Å². The van der Waals surface area contributed by atoms with Crippen molar-refractivity contribution >= 4 is 29.6 Å². The van der Waals surface area contributed by atoms with E-state index in [-0.39, 0.29) is 25.3 Å². The summed E-state index contributed by atoms with van der Waals surface area (Å²) in [4.78, 5) is 24.1. The van der Waals surface area contributed by atoms with Crippen LogP contribution in [0.25, 0.3) is 6.08 Å². The van der Waals surface area contributed by atoms with Crippen LogP contribution in [0, 0.1) is 0 Å². The Kier molecular flexibility index (Phi) is 7.14. The number of amides is 1. The molecule has 3 rings (SSSR count). The average molecular weight is 416 g/mol. The molecule has 0 saturated heterocycles. The van der Waals surface area contributed by atoms with E-state index in [4.69, 9.17) is 25.8 Å². The average Bonchev–Trinajstić information content (AvgIpc) is 3.20. The van der Waals surface area contributed by atoms with E-state index >= 15 is 0 Å². The van der Waals surface area contributed by atoms with Crippen molar-refractivity contribution in [1.29, 1.82) is 0 Å². The minimum absolute atomic E-state index is 0.112. The van der Waals surface area contributed by atoms with E-state index in [0.717, 1.165) is 18.4 Å². The molecule has 6 nitrogen and oxygen atoms in total. The molecule has 152 valence electrons. The molecule has 1 heterocycles. The highest BCUT2D eigenvalue weighted by Gasteiger charge is 2.18. The molecule has 1 amide bonds. The number of carbonyl (C=O) groups excluding carboxylic acids is 2. The van der Waals surface area contributed by atoms with Crippen LogP contribution in [-0.4, -0.2) is 25.3 Å². The van der Waals surface area contributed by atoms with Gasteiger partial charge in [0.2, 0.25) is 6.79 Å². The molecule has 0 aromatic heterocycles. The molecule has 29 heavy (non-hydrogen) atoms. The number of rotatable bonds is 8. The third kappa shape index (κ3) is 5.74. The molecule has 1 aliphatic heterocycles. The summed E-state index contributed by atoms with van der Waals surface area (Å²) in [5.74, 6) is 0.0387. The third-order valence-corrected chi connectivity index (χ3v) is 4.60. The number of benzene rings is 2. The van der Waals surface area contributed by atoms with Crippen LogP contribution in [0.1, 0.15) is 36.9 Å². The van der Waals surface area contributed by atoms with E-state index in [1.165, 1.54) is 12.2 Å². The van der Waals surface area contributed by atoms with Gasteiger partial charge in [-0.3, -0.25) is 4.79 Å². The molecular weight excluding hydrogens is 394 g/mol. The van der Waals surface area contributed by atoms with Gasteiger partial charge in [0, 0.05) is 6.08 Å². The highest BCUT2D eigenvalue weighted by Crippen LogP contribution is 2.40. The molecule has 0 spiro atoms. The Morgan fingerprint density at radius 2 is 2.03 bits per heavy atom. The zero-order chi connectivity index (χ0) is 20.6. The number of carbonyl (C=O) groups is 2. The first kappa shape index (κ1) is 20.7. The Labute approximate surface area is 174 Å². The molecule has 1 aliphatic rings. The summed E-state index contributed by atoms with van der Waals surface area (Å²) in [5, 5.41) is 3.31. The van der Waals surface area contributed by atoms with E-state index in [1.807, 2.05) is 30.3 Å². The topological polar surface area (TPSA) is 73.9 Å². The maximum absolute atomic E-state index is 12.2. The first-order valence-corrected chi connectivity index (χ1v) is 9.73. The van der Waals surface area contributed by atoms with Gasteiger partial charge < -0.3 is 19.5 Å². The Hall–Kier alpha value is -2.99. The molecule has 0 unspecified atom stereocenters. The van der Waals surface area contributed by atoms with Gasteiger partial charge in [-0.15, -0.1) is 0 Å². The van der Waals surface area contributed by atoms with Crippen molar-refractivity contribution < 1.29 is 23.8 Å². The second-order valence-electron chi connectivity index (χ2n) is 6.50. The highest BCUT2D eigenvalue weighted by molar-refractivity contribution is 6.32.